The number of halogens is 1. The maximum atomic E-state index is 11.7. The molecule has 0 fully saturated rings. The molecule has 0 amide bonds. The van der Waals surface area contributed by atoms with Gasteiger partial charge in [0.15, 0.2) is 0 Å². The Kier molecular flexibility index (Phi) is 3.66. The number of hydrogen-bond acceptors (Lipinski definition) is 5. The highest BCUT2D eigenvalue weighted by atomic mass is 35.5. The minimum atomic E-state index is -1.06. The lowest BCUT2D eigenvalue weighted by Gasteiger charge is -2.05. The van der Waals surface area contributed by atoms with Gasteiger partial charge in [-0.25, -0.2) is 4.98 Å². The van der Waals surface area contributed by atoms with Crippen molar-refractivity contribution >= 4 is 34.2 Å². The van der Waals surface area contributed by atoms with Crippen molar-refractivity contribution in [2.45, 2.75) is 12.8 Å². The number of carboxylic acids is 1. The number of aromatic nitrogens is 2. The van der Waals surface area contributed by atoms with Gasteiger partial charge in [0.05, 0.1) is 15.8 Å². The van der Waals surface area contributed by atoms with Crippen molar-refractivity contribution in [3.8, 4) is 0 Å². The molecule has 2 aromatic rings. The van der Waals surface area contributed by atoms with Crippen LogP contribution in [-0.2, 0) is 11.2 Å². The van der Waals surface area contributed by atoms with E-state index in [4.69, 9.17) is 16.7 Å². The van der Waals surface area contributed by atoms with Gasteiger partial charge in [-0.1, -0.05) is 0 Å². The van der Waals surface area contributed by atoms with E-state index < -0.39 is 16.5 Å². The van der Waals surface area contributed by atoms with Crippen LogP contribution < -0.4 is 5.56 Å². The van der Waals surface area contributed by atoms with Crippen molar-refractivity contribution in [3.05, 3.63) is 43.4 Å². The van der Waals surface area contributed by atoms with Gasteiger partial charge in [-0.05, 0) is 23.6 Å². The molecule has 0 saturated carbocycles. The fraction of sp³-hybridized carbons (Fsp3) is 0.182. The van der Waals surface area contributed by atoms with Gasteiger partial charge in [-0.3, -0.25) is 24.7 Å². The topological polar surface area (TPSA) is 126 Å². The number of rotatable bonds is 4. The van der Waals surface area contributed by atoms with Crippen LogP contribution in [0.15, 0.2) is 16.9 Å². The number of fused-ring (bicyclic) bond motifs is 1. The van der Waals surface area contributed by atoms with Gasteiger partial charge in [0.2, 0.25) is 5.28 Å². The van der Waals surface area contributed by atoms with E-state index in [1.165, 1.54) is 6.07 Å². The van der Waals surface area contributed by atoms with Crippen LogP contribution in [0.4, 0.5) is 5.69 Å². The normalized spacial score (nSPS) is 10.7. The molecule has 0 bridgehead atoms. The van der Waals surface area contributed by atoms with Gasteiger partial charge in [0.25, 0.3) is 11.2 Å². The van der Waals surface area contributed by atoms with Crippen LogP contribution in [0, 0.1) is 10.1 Å². The van der Waals surface area contributed by atoms with E-state index in [2.05, 4.69) is 9.97 Å². The zero-order chi connectivity index (χ0) is 14.9. The Labute approximate surface area is 116 Å². The molecule has 0 radical (unpaired) electrons. The Bertz CT molecular complexity index is 770. The van der Waals surface area contributed by atoms with Crippen molar-refractivity contribution in [2.75, 3.05) is 0 Å². The van der Waals surface area contributed by atoms with Gasteiger partial charge in [-0.15, -0.1) is 0 Å². The molecule has 0 aliphatic carbocycles. The monoisotopic (exact) mass is 297 g/mol. The predicted octanol–water partition coefficient (Wildman–Crippen LogP) is 1.50. The maximum Gasteiger partial charge on any atom is 0.303 e. The number of nitrogens with zero attached hydrogens (tertiary/aromatic N) is 2. The standard InChI is InChI=1S/C11H8ClN3O5/c12-11-13-9-5(1-2-8(16)17)3-6(15(19)20)4-7(9)10(18)14-11/h3-4H,1-2H2,(H,16,17)(H,13,14,18). The summed E-state index contributed by atoms with van der Waals surface area (Å²) in [7, 11) is 0. The highest BCUT2D eigenvalue weighted by Crippen LogP contribution is 2.23. The lowest BCUT2D eigenvalue weighted by atomic mass is 10.0. The first-order chi connectivity index (χ1) is 9.38. The summed E-state index contributed by atoms with van der Waals surface area (Å²) in [5.74, 6) is -1.06. The lowest BCUT2D eigenvalue weighted by molar-refractivity contribution is -0.384. The summed E-state index contributed by atoms with van der Waals surface area (Å²) >= 11 is 5.64. The van der Waals surface area contributed by atoms with Crippen LogP contribution in [0.25, 0.3) is 10.9 Å². The summed E-state index contributed by atoms with van der Waals surface area (Å²) in [6.45, 7) is 0. The van der Waals surface area contributed by atoms with E-state index in [9.17, 15) is 19.7 Å². The molecule has 2 rings (SSSR count). The summed E-state index contributed by atoms with van der Waals surface area (Å²) in [6, 6.07) is 2.29. The first kappa shape index (κ1) is 13.9. The third-order valence-corrected chi connectivity index (χ3v) is 2.84. The van der Waals surface area contributed by atoms with Crippen molar-refractivity contribution in [2.24, 2.45) is 0 Å². The number of nitrogens with one attached hydrogen (secondary N) is 1. The Hall–Kier alpha value is -2.48. The zero-order valence-electron chi connectivity index (χ0n) is 9.92. The number of aryl methyl sites for hydroxylation is 1. The molecule has 0 aliphatic heterocycles. The highest BCUT2D eigenvalue weighted by Gasteiger charge is 2.16. The second-order valence-corrected chi connectivity index (χ2v) is 4.37. The number of aliphatic carboxylic acids is 1. The van der Waals surface area contributed by atoms with E-state index in [1.807, 2.05) is 0 Å². The minimum absolute atomic E-state index is 0.00369. The third kappa shape index (κ3) is 2.75. The molecule has 0 aliphatic rings. The molecule has 0 atom stereocenters. The molecular weight excluding hydrogens is 290 g/mol. The minimum Gasteiger partial charge on any atom is -0.481 e. The Morgan fingerprint density at radius 2 is 2.20 bits per heavy atom. The SMILES string of the molecule is O=C(O)CCc1cc([N+](=O)[O-])cc2c(=O)[nH]c(Cl)nc12. The average molecular weight is 298 g/mol. The van der Waals surface area contributed by atoms with E-state index in [0.717, 1.165) is 6.07 Å². The van der Waals surface area contributed by atoms with Crippen LogP contribution in [0.5, 0.6) is 0 Å². The molecule has 0 saturated heterocycles. The molecule has 0 unspecified atom stereocenters. The molecule has 20 heavy (non-hydrogen) atoms. The second-order valence-electron chi connectivity index (χ2n) is 4.01. The summed E-state index contributed by atoms with van der Waals surface area (Å²) in [5, 5.41) is 19.4. The first-order valence-corrected chi connectivity index (χ1v) is 5.85. The number of non-ortho nitro benzene ring substituents is 1. The number of benzene rings is 1. The molecule has 1 aromatic carbocycles. The summed E-state index contributed by atoms with van der Waals surface area (Å²) in [6.07, 6.45) is -0.220. The van der Waals surface area contributed by atoms with Crippen molar-refractivity contribution in [1.82, 2.24) is 9.97 Å². The van der Waals surface area contributed by atoms with Crippen LogP contribution in [0.2, 0.25) is 5.28 Å². The van der Waals surface area contributed by atoms with E-state index in [-0.39, 0.29) is 34.7 Å². The van der Waals surface area contributed by atoms with E-state index in [0.29, 0.717) is 5.56 Å². The van der Waals surface area contributed by atoms with Gasteiger partial charge < -0.3 is 5.11 Å². The third-order valence-electron chi connectivity index (χ3n) is 2.66. The number of carboxylic acid groups (broad SMARTS) is 1. The van der Waals surface area contributed by atoms with Gasteiger partial charge in [0, 0.05) is 18.6 Å². The molecule has 0 spiro atoms. The van der Waals surface area contributed by atoms with Crippen LogP contribution >= 0.6 is 11.6 Å². The molecule has 1 heterocycles. The van der Waals surface area contributed by atoms with Gasteiger partial charge >= 0.3 is 5.97 Å². The average Bonchev–Trinajstić information content (AvgIpc) is 2.35. The highest BCUT2D eigenvalue weighted by molar-refractivity contribution is 6.28. The van der Waals surface area contributed by atoms with Crippen molar-refractivity contribution < 1.29 is 14.8 Å². The maximum absolute atomic E-state index is 11.7. The van der Waals surface area contributed by atoms with Crippen LogP contribution in [0.1, 0.15) is 12.0 Å². The largest absolute Gasteiger partial charge is 0.481 e. The number of hydrogen-bond donors (Lipinski definition) is 2. The molecular formula is C11H8ClN3O5. The van der Waals surface area contributed by atoms with E-state index >= 15 is 0 Å². The number of aromatic amines is 1. The van der Waals surface area contributed by atoms with Crippen molar-refractivity contribution in [1.29, 1.82) is 0 Å². The summed E-state index contributed by atoms with van der Waals surface area (Å²) < 4.78 is 0. The lowest BCUT2D eigenvalue weighted by Crippen LogP contribution is -2.10. The number of carbonyl (C=O) groups is 1. The number of H-pyrrole nitrogens is 1. The molecule has 104 valence electrons. The fourth-order valence-corrected chi connectivity index (χ4v) is 1.98. The molecule has 9 heteroatoms. The Balaban J connectivity index is 2.71. The fourth-order valence-electron chi connectivity index (χ4n) is 1.81. The molecule has 2 N–H and O–H groups in total. The smallest absolute Gasteiger partial charge is 0.303 e. The molecule has 1 aromatic heterocycles. The van der Waals surface area contributed by atoms with Gasteiger partial charge in [0.1, 0.15) is 0 Å². The zero-order valence-corrected chi connectivity index (χ0v) is 10.7. The number of nitro groups is 1. The Morgan fingerprint density at radius 1 is 1.50 bits per heavy atom. The van der Waals surface area contributed by atoms with Gasteiger partial charge in [-0.2, -0.15) is 0 Å². The van der Waals surface area contributed by atoms with Crippen LogP contribution in [0.3, 0.4) is 0 Å². The van der Waals surface area contributed by atoms with E-state index in [1.54, 1.807) is 0 Å². The predicted molar refractivity (Wildman–Crippen MR) is 70.0 cm³/mol. The molecule has 8 nitrogen and oxygen atoms in total. The summed E-state index contributed by atoms with van der Waals surface area (Å²) in [5.41, 5.74) is -0.442. The second kappa shape index (κ2) is 5.25. The van der Waals surface area contributed by atoms with Crippen LogP contribution in [-0.4, -0.2) is 26.0 Å². The quantitative estimate of drug-likeness (QED) is 0.500. The first-order valence-electron chi connectivity index (χ1n) is 5.47. The summed E-state index contributed by atoms with van der Waals surface area (Å²) in [4.78, 5) is 38.7. The Morgan fingerprint density at radius 3 is 2.80 bits per heavy atom. The van der Waals surface area contributed by atoms with Crippen molar-refractivity contribution in [3.63, 3.8) is 0 Å². The number of nitro benzene ring substituents is 1.